The number of fused-ring (bicyclic) bond motifs is 2. The predicted molar refractivity (Wildman–Crippen MR) is 175 cm³/mol. The summed E-state index contributed by atoms with van der Waals surface area (Å²) in [6.07, 6.45) is 0. The number of rotatable bonds is 10. The van der Waals surface area contributed by atoms with Gasteiger partial charge in [0.25, 0.3) is 11.6 Å². The third-order valence-electron chi connectivity index (χ3n) is 7.73. The Morgan fingerprint density at radius 3 is 2.40 bits per heavy atom. The number of aromatic nitrogens is 1. The normalized spacial score (nSPS) is 18.1. The molecule has 3 amide bonds. The number of H-pyrrole nitrogens is 1. The number of carbonyl (C=O) groups is 4. The Hall–Kier alpha value is -5.48. The standard InChI is InChI=1S/C32H26N4O10S2/c1-3-45-31(40)16-4-7-18(8-5-16)33-23(37)15-46-21-13-6-17(14-22(21)44-2)24-25-27(47-28-26(24)48-32(41)34-28)30(39)35(29(25)38)19-9-11-20(12-10-19)36(42)43/h4-14,24-25,27H,3,15H2,1-2H3,(H,33,37)(H,34,41)/t24-,25?,27?/m1/s1. The van der Waals surface area contributed by atoms with Crippen LogP contribution in [-0.4, -0.2) is 59.2 Å². The fourth-order valence-electron chi connectivity index (χ4n) is 5.60. The molecule has 2 unspecified atom stereocenters. The number of imide groups is 1. The minimum Gasteiger partial charge on any atom is -0.493 e. The third kappa shape index (κ3) is 6.14. The van der Waals surface area contributed by atoms with Crippen LogP contribution in [-0.2, 0) is 19.1 Å². The number of esters is 1. The van der Waals surface area contributed by atoms with Gasteiger partial charge in [0.1, 0.15) is 5.25 Å². The van der Waals surface area contributed by atoms with Crippen molar-refractivity contribution < 1.29 is 38.3 Å². The Labute approximate surface area is 280 Å². The second-order valence-electron chi connectivity index (χ2n) is 10.6. The van der Waals surface area contributed by atoms with Crippen molar-refractivity contribution in [3.63, 3.8) is 0 Å². The molecule has 48 heavy (non-hydrogen) atoms. The summed E-state index contributed by atoms with van der Waals surface area (Å²) >= 11 is 2.05. The number of hydrogen-bond donors (Lipinski definition) is 2. The van der Waals surface area contributed by atoms with Gasteiger partial charge in [0.2, 0.25) is 11.8 Å². The lowest BCUT2D eigenvalue weighted by atomic mass is 9.83. The number of aromatic amines is 1. The number of amides is 3. The van der Waals surface area contributed by atoms with Crippen molar-refractivity contribution in [2.75, 3.05) is 30.5 Å². The number of benzene rings is 3. The number of thiazole rings is 1. The maximum Gasteiger partial charge on any atom is 0.338 e. The van der Waals surface area contributed by atoms with Crippen LogP contribution in [0.25, 0.3) is 0 Å². The molecule has 1 saturated heterocycles. The molecule has 3 aromatic carbocycles. The van der Waals surface area contributed by atoms with Crippen LogP contribution >= 0.6 is 23.1 Å². The van der Waals surface area contributed by atoms with E-state index < -0.39 is 45.7 Å². The lowest BCUT2D eigenvalue weighted by Crippen LogP contribution is -2.32. The van der Waals surface area contributed by atoms with Crippen molar-refractivity contribution >= 4 is 63.9 Å². The van der Waals surface area contributed by atoms with E-state index >= 15 is 0 Å². The topological polar surface area (TPSA) is 187 Å². The molecule has 2 aliphatic rings. The first-order valence-electron chi connectivity index (χ1n) is 14.5. The van der Waals surface area contributed by atoms with E-state index in [1.165, 1.54) is 43.5 Å². The van der Waals surface area contributed by atoms with Crippen LogP contribution in [0.1, 0.15) is 33.6 Å². The monoisotopic (exact) mass is 690 g/mol. The Bertz CT molecular complexity index is 1990. The van der Waals surface area contributed by atoms with E-state index in [1.807, 2.05) is 0 Å². The van der Waals surface area contributed by atoms with Crippen LogP contribution < -0.4 is 24.6 Å². The molecule has 3 atom stereocenters. The minimum atomic E-state index is -0.894. The second-order valence-corrected chi connectivity index (χ2v) is 12.7. The molecule has 1 fully saturated rings. The Morgan fingerprint density at radius 2 is 1.73 bits per heavy atom. The molecule has 1 aromatic heterocycles. The molecule has 0 aliphatic carbocycles. The highest BCUT2D eigenvalue weighted by atomic mass is 32.2. The van der Waals surface area contributed by atoms with Gasteiger partial charge in [-0.05, 0) is 61.0 Å². The average Bonchev–Trinajstić information content (AvgIpc) is 3.57. The molecule has 246 valence electrons. The first-order valence-corrected chi connectivity index (χ1v) is 16.2. The Kier molecular flexibility index (Phi) is 9.01. The number of hydrogen-bond acceptors (Lipinski definition) is 12. The second kappa shape index (κ2) is 13.3. The van der Waals surface area contributed by atoms with E-state index in [4.69, 9.17) is 14.2 Å². The zero-order valence-electron chi connectivity index (χ0n) is 25.3. The lowest BCUT2D eigenvalue weighted by molar-refractivity contribution is -0.384. The van der Waals surface area contributed by atoms with Gasteiger partial charge in [-0.25, -0.2) is 9.69 Å². The van der Waals surface area contributed by atoms with E-state index in [2.05, 4.69) is 10.3 Å². The van der Waals surface area contributed by atoms with Gasteiger partial charge in [0.05, 0.1) is 40.8 Å². The first-order chi connectivity index (χ1) is 23.1. The van der Waals surface area contributed by atoms with Gasteiger partial charge in [-0.2, -0.15) is 0 Å². The number of ether oxygens (including phenoxy) is 3. The largest absolute Gasteiger partial charge is 0.493 e. The van der Waals surface area contributed by atoms with Gasteiger partial charge in [-0.15, -0.1) is 0 Å². The number of methoxy groups -OCH3 is 1. The highest BCUT2D eigenvalue weighted by Crippen LogP contribution is 2.53. The number of nitrogens with zero attached hydrogens (tertiary/aromatic N) is 2. The highest BCUT2D eigenvalue weighted by Gasteiger charge is 2.56. The Balaban J connectivity index is 1.23. The van der Waals surface area contributed by atoms with E-state index in [1.54, 1.807) is 37.3 Å². The molecular weight excluding hydrogens is 665 g/mol. The zero-order chi connectivity index (χ0) is 34.1. The molecule has 16 heteroatoms. The van der Waals surface area contributed by atoms with E-state index in [0.717, 1.165) is 28.0 Å². The molecule has 3 heterocycles. The van der Waals surface area contributed by atoms with Gasteiger partial charge in [0, 0.05) is 28.6 Å². The van der Waals surface area contributed by atoms with Crippen LogP contribution in [0, 0.1) is 16.0 Å². The lowest BCUT2D eigenvalue weighted by Gasteiger charge is -2.30. The smallest absolute Gasteiger partial charge is 0.338 e. The molecule has 2 N–H and O–H groups in total. The fourth-order valence-corrected chi connectivity index (χ4v) is 8.11. The summed E-state index contributed by atoms with van der Waals surface area (Å²) in [5.41, 5.74) is 1.39. The van der Waals surface area contributed by atoms with Gasteiger partial charge in [-0.1, -0.05) is 29.2 Å². The van der Waals surface area contributed by atoms with Gasteiger partial charge in [-0.3, -0.25) is 29.3 Å². The van der Waals surface area contributed by atoms with Crippen LogP contribution in [0.4, 0.5) is 17.1 Å². The van der Waals surface area contributed by atoms with Crippen molar-refractivity contribution in [2.24, 2.45) is 5.92 Å². The molecule has 6 rings (SSSR count). The van der Waals surface area contributed by atoms with Crippen molar-refractivity contribution in [1.82, 2.24) is 4.98 Å². The van der Waals surface area contributed by atoms with Crippen LogP contribution in [0.5, 0.6) is 11.5 Å². The zero-order valence-corrected chi connectivity index (χ0v) is 26.9. The maximum atomic E-state index is 14.0. The Morgan fingerprint density at radius 1 is 1.00 bits per heavy atom. The molecule has 4 aromatic rings. The van der Waals surface area contributed by atoms with Crippen LogP contribution in [0.2, 0.25) is 0 Å². The number of carbonyl (C=O) groups excluding carboxylic acids is 4. The van der Waals surface area contributed by atoms with Crippen molar-refractivity contribution in [3.05, 3.63) is 103 Å². The highest BCUT2D eigenvalue weighted by molar-refractivity contribution is 8.00. The molecule has 0 saturated carbocycles. The van der Waals surface area contributed by atoms with Crippen molar-refractivity contribution in [3.8, 4) is 11.5 Å². The summed E-state index contributed by atoms with van der Waals surface area (Å²) in [7, 11) is 1.41. The number of nitrogens with one attached hydrogen (secondary N) is 2. The fraction of sp³-hybridized carbons (Fsp3) is 0.219. The molecule has 0 radical (unpaired) electrons. The molecule has 0 bridgehead atoms. The van der Waals surface area contributed by atoms with Crippen LogP contribution in [0.3, 0.4) is 0 Å². The van der Waals surface area contributed by atoms with E-state index in [0.29, 0.717) is 26.7 Å². The number of anilines is 2. The predicted octanol–water partition coefficient (Wildman–Crippen LogP) is 4.34. The molecule has 0 spiro atoms. The van der Waals surface area contributed by atoms with Crippen molar-refractivity contribution in [2.45, 2.75) is 23.1 Å². The van der Waals surface area contributed by atoms with Crippen molar-refractivity contribution in [1.29, 1.82) is 0 Å². The number of thioether (sulfide) groups is 1. The summed E-state index contributed by atoms with van der Waals surface area (Å²) in [6.45, 7) is 1.58. The van der Waals surface area contributed by atoms with Gasteiger partial charge < -0.3 is 24.5 Å². The van der Waals surface area contributed by atoms with E-state index in [9.17, 15) is 34.1 Å². The average molecular weight is 691 g/mol. The van der Waals surface area contributed by atoms with Gasteiger partial charge in [0.15, 0.2) is 18.1 Å². The molecular formula is C32H26N4O10S2. The van der Waals surface area contributed by atoms with Gasteiger partial charge >= 0.3 is 10.8 Å². The maximum absolute atomic E-state index is 14.0. The number of nitro groups is 1. The first kappa shape index (κ1) is 32.5. The summed E-state index contributed by atoms with van der Waals surface area (Å²) < 4.78 is 16.3. The summed E-state index contributed by atoms with van der Waals surface area (Å²) in [4.78, 5) is 79.2. The SMILES string of the molecule is CCOC(=O)c1ccc(NC(=O)COc2ccc([C@H]3c4sc(=O)[nH]c4SC4C(=O)N(c5ccc([N+](=O)[O-])cc5)C(=O)C43)cc2OC)cc1. The van der Waals surface area contributed by atoms with E-state index in [-0.39, 0.29) is 41.0 Å². The van der Waals surface area contributed by atoms with Crippen LogP contribution in [0.15, 0.2) is 76.6 Å². The number of nitro benzene ring substituents is 1. The summed E-state index contributed by atoms with van der Waals surface area (Å²) in [5, 5.41) is 13.4. The number of non-ortho nitro benzene ring substituents is 1. The quantitative estimate of drug-likeness (QED) is 0.104. The third-order valence-corrected chi connectivity index (χ3v) is 10.1. The molecule has 14 nitrogen and oxygen atoms in total. The molecule has 2 aliphatic heterocycles. The summed E-state index contributed by atoms with van der Waals surface area (Å²) in [5.74, 6) is -3.06. The summed E-state index contributed by atoms with van der Waals surface area (Å²) in [6, 6.07) is 16.3. The minimum absolute atomic E-state index is 0.182.